The molecular formula is C15H18F3N3O. The van der Waals surface area contributed by atoms with Crippen LogP contribution in [0.2, 0.25) is 0 Å². The van der Waals surface area contributed by atoms with E-state index in [1.54, 1.807) is 0 Å². The quantitative estimate of drug-likeness (QED) is 0.891. The van der Waals surface area contributed by atoms with Crippen molar-refractivity contribution in [2.24, 2.45) is 5.73 Å². The first-order valence-electron chi connectivity index (χ1n) is 7.09. The van der Waals surface area contributed by atoms with E-state index < -0.39 is 11.7 Å². The van der Waals surface area contributed by atoms with Crippen molar-refractivity contribution in [1.82, 2.24) is 9.78 Å². The van der Waals surface area contributed by atoms with Crippen LogP contribution in [0.1, 0.15) is 30.2 Å². The van der Waals surface area contributed by atoms with Crippen LogP contribution >= 0.6 is 0 Å². The van der Waals surface area contributed by atoms with E-state index in [0.29, 0.717) is 37.1 Å². The maximum Gasteiger partial charge on any atom is 0.416 e. The summed E-state index contributed by atoms with van der Waals surface area (Å²) in [4.78, 5) is 12.4. The summed E-state index contributed by atoms with van der Waals surface area (Å²) < 4.78 is 39.0. The number of halogens is 3. The van der Waals surface area contributed by atoms with Crippen molar-refractivity contribution < 1.29 is 13.2 Å². The maximum atomic E-state index is 12.6. The first-order valence-corrected chi connectivity index (χ1v) is 7.09. The molecule has 0 aliphatic rings. The van der Waals surface area contributed by atoms with E-state index >= 15 is 0 Å². The first kappa shape index (κ1) is 16.4. The molecule has 2 aromatic rings. The summed E-state index contributed by atoms with van der Waals surface area (Å²) in [5, 5.41) is 2.97. The number of H-pyrrole nitrogens is 1. The Bertz CT molecular complexity index is 684. The summed E-state index contributed by atoms with van der Waals surface area (Å²) in [6.45, 7) is 2.39. The van der Waals surface area contributed by atoms with Gasteiger partial charge in [0.25, 0.3) is 5.56 Å². The Morgan fingerprint density at radius 1 is 1.23 bits per heavy atom. The molecule has 3 N–H and O–H groups in total. The smallest absolute Gasteiger partial charge is 0.330 e. The predicted octanol–water partition coefficient (Wildman–Crippen LogP) is 2.64. The Morgan fingerprint density at radius 2 is 1.86 bits per heavy atom. The molecule has 0 amide bonds. The van der Waals surface area contributed by atoms with Gasteiger partial charge in [0.1, 0.15) is 0 Å². The Hall–Kier alpha value is -2.02. The van der Waals surface area contributed by atoms with Gasteiger partial charge in [0.2, 0.25) is 0 Å². The molecule has 0 spiro atoms. The Kier molecular flexibility index (Phi) is 4.75. The molecule has 2 rings (SSSR count). The highest BCUT2D eigenvalue weighted by atomic mass is 19.4. The fourth-order valence-corrected chi connectivity index (χ4v) is 2.33. The van der Waals surface area contributed by atoms with Gasteiger partial charge in [0.05, 0.1) is 11.3 Å². The molecule has 0 atom stereocenters. The van der Waals surface area contributed by atoms with E-state index in [2.05, 4.69) is 5.10 Å². The number of hydrogen-bond acceptors (Lipinski definition) is 2. The predicted molar refractivity (Wildman–Crippen MR) is 78.1 cm³/mol. The van der Waals surface area contributed by atoms with E-state index in [4.69, 9.17) is 5.73 Å². The topological polar surface area (TPSA) is 63.8 Å². The second-order valence-electron chi connectivity index (χ2n) is 5.00. The molecule has 0 bridgehead atoms. The molecule has 7 heteroatoms. The molecule has 0 aliphatic carbocycles. The Labute approximate surface area is 125 Å². The number of aromatic nitrogens is 2. The van der Waals surface area contributed by atoms with E-state index in [1.165, 1.54) is 16.8 Å². The molecule has 0 aliphatic heterocycles. The molecule has 120 valence electrons. The van der Waals surface area contributed by atoms with Crippen LogP contribution in [0.15, 0.2) is 29.1 Å². The summed E-state index contributed by atoms with van der Waals surface area (Å²) in [5.41, 5.74) is 6.31. The fourth-order valence-electron chi connectivity index (χ4n) is 2.33. The highest BCUT2D eigenvalue weighted by molar-refractivity contribution is 5.36. The minimum Gasteiger partial charge on any atom is -0.330 e. The van der Waals surface area contributed by atoms with Crippen LogP contribution < -0.4 is 11.3 Å². The van der Waals surface area contributed by atoms with Gasteiger partial charge in [-0.3, -0.25) is 9.89 Å². The van der Waals surface area contributed by atoms with Crippen molar-refractivity contribution in [2.75, 3.05) is 6.54 Å². The SMILES string of the molecule is CCc1[nH]n(-c2ccc(C(F)(F)F)cc2)c(=O)c1CCCN. The third-order valence-corrected chi connectivity index (χ3v) is 3.51. The number of benzene rings is 1. The summed E-state index contributed by atoms with van der Waals surface area (Å²) in [6, 6.07) is 4.50. The maximum absolute atomic E-state index is 12.6. The number of rotatable bonds is 5. The average Bonchev–Trinajstić information content (AvgIpc) is 2.80. The van der Waals surface area contributed by atoms with E-state index in [0.717, 1.165) is 17.8 Å². The molecular weight excluding hydrogens is 295 g/mol. The number of nitrogens with two attached hydrogens (primary N) is 1. The van der Waals surface area contributed by atoms with E-state index in [-0.39, 0.29) is 5.56 Å². The molecule has 1 heterocycles. The molecule has 1 aromatic heterocycles. The second kappa shape index (κ2) is 6.39. The molecule has 1 aromatic carbocycles. The van der Waals surface area contributed by atoms with Crippen molar-refractivity contribution >= 4 is 0 Å². The Morgan fingerprint density at radius 3 is 2.36 bits per heavy atom. The van der Waals surface area contributed by atoms with Gasteiger partial charge in [-0.15, -0.1) is 0 Å². The van der Waals surface area contributed by atoms with Crippen LogP contribution in [0.25, 0.3) is 5.69 Å². The second-order valence-corrected chi connectivity index (χ2v) is 5.00. The van der Waals surface area contributed by atoms with Gasteiger partial charge < -0.3 is 5.73 Å². The lowest BCUT2D eigenvalue weighted by atomic mass is 10.1. The van der Waals surface area contributed by atoms with Crippen molar-refractivity contribution in [2.45, 2.75) is 32.4 Å². The number of alkyl halides is 3. The van der Waals surface area contributed by atoms with Gasteiger partial charge in [0.15, 0.2) is 0 Å². The highest BCUT2D eigenvalue weighted by Gasteiger charge is 2.30. The minimum absolute atomic E-state index is 0.231. The largest absolute Gasteiger partial charge is 0.416 e. The van der Waals surface area contributed by atoms with E-state index in [1.807, 2.05) is 6.92 Å². The number of hydrogen-bond donors (Lipinski definition) is 2. The van der Waals surface area contributed by atoms with Gasteiger partial charge in [-0.2, -0.15) is 13.2 Å². The number of aryl methyl sites for hydroxylation is 1. The molecule has 22 heavy (non-hydrogen) atoms. The number of nitrogens with zero attached hydrogens (tertiary/aromatic N) is 1. The van der Waals surface area contributed by atoms with Crippen LogP contribution in [0.5, 0.6) is 0 Å². The summed E-state index contributed by atoms with van der Waals surface area (Å²) in [7, 11) is 0. The third kappa shape index (κ3) is 3.24. The van der Waals surface area contributed by atoms with Crippen molar-refractivity contribution in [1.29, 1.82) is 0 Å². The van der Waals surface area contributed by atoms with Gasteiger partial charge in [-0.25, -0.2) is 4.68 Å². The molecule has 4 nitrogen and oxygen atoms in total. The summed E-state index contributed by atoms with van der Waals surface area (Å²) in [6.07, 6.45) is -2.50. The first-order chi connectivity index (χ1) is 10.4. The zero-order valence-electron chi connectivity index (χ0n) is 12.2. The van der Waals surface area contributed by atoms with Crippen LogP contribution in [-0.2, 0) is 19.0 Å². The van der Waals surface area contributed by atoms with Crippen molar-refractivity contribution in [3.8, 4) is 5.69 Å². The molecule has 0 saturated carbocycles. The monoisotopic (exact) mass is 313 g/mol. The highest BCUT2D eigenvalue weighted by Crippen LogP contribution is 2.29. The van der Waals surface area contributed by atoms with Gasteiger partial charge in [-0.05, 0) is 50.1 Å². The Balaban J connectivity index is 2.40. The molecule has 0 radical (unpaired) electrons. The van der Waals surface area contributed by atoms with Crippen LogP contribution in [0.3, 0.4) is 0 Å². The van der Waals surface area contributed by atoms with Crippen LogP contribution in [0, 0.1) is 0 Å². The number of aromatic amines is 1. The molecule has 0 fully saturated rings. The van der Waals surface area contributed by atoms with Crippen LogP contribution in [-0.4, -0.2) is 16.3 Å². The summed E-state index contributed by atoms with van der Waals surface area (Å²) in [5.74, 6) is 0. The van der Waals surface area contributed by atoms with Crippen molar-refractivity contribution in [3.63, 3.8) is 0 Å². The zero-order valence-corrected chi connectivity index (χ0v) is 12.2. The van der Waals surface area contributed by atoms with E-state index in [9.17, 15) is 18.0 Å². The van der Waals surface area contributed by atoms with Gasteiger partial charge >= 0.3 is 6.18 Å². The lowest BCUT2D eigenvalue weighted by molar-refractivity contribution is -0.137. The third-order valence-electron chi connectivity index (χ3n) is 3.51. The van der Waals surface area contributed by atoms with Gasteiger partial charge in [0, 0.05) is 11.3 Å². The lowest BCUT2D eigenvalue weighted by Crippen LogP contribution is -2.18. The fraction of sp³-hybridized carbons (Fsp3) is 0.400. The standard InChI is InChI=1S/C15H18F3N3O/c1-2-13-12(4-3-9-19)14(22)21(20-13)11-7-5-10(6-8-11)15(16,17)18/h5-8,20H,2-4,9,19H2,1H3. The summed E-state index contributed by atoms with van der Waals surface area (Å²) >= 11 is 0. The van der Waals surface area contributed by atoms with Crippen LogP contribution in [0.4, 0.5) is 13.2 Å². The molecule has 0 saturated heterocycles. The minimum atomic E-state index is -4.39. The average molecular weight is 313 g/mol. The number of nitrogens with one attached hydrogen (secondary N) is 1. The zero-order chi connectivity index (χ0) is 16.3. The van der Waals surface area contributed by atoms with Crippen molar-refractivity contribution in [3.05, 3.63) is 51.4 Å². The normalized spacial score (nSPS) is 11.9. The molecule has 0 unspecified atom stereocenters. The lowest BCUT2D eigenvalue weighted by Gasteiger charge is -2.07. The van der Waals surface area contributed by atoms with Gasteiger partial charge in [-0.1, -0.05) is 6.92 Å².